The second-order valence-corrected chi connectivity index (χ2v) is 11.7. The third kappa shape index (κ3) is 4.00. The number of benzene rings is 6. The van der Waals surface area contributed by atoms with E-state index in [4.69, 9.17) is 0 Å². The predicted molar refractivity (Wildman–Crippen MR) is 177 cm³/mol. The monoisotopic (exact) mass is 541 g/mol. The smallest absolute Gasteiger partial charge is 0.0714 e. The lowest BCUT2D eigenvalue weighted by molar-refractivity contribution is 0.768. The van der Waals surface area contributed by atoms with Gasteiger partial charge in [-0.15, -0.1) is 0 Å². The average molecular weight is 542 g/mol. The lowest BCUT2D eigenvalue weighted by atomic mass is 9.67. The minimum absolute atomic E-state index is 0.430. The van der Waals surface area contributed by atoms with Gasteiger partial charge in [0.25, 0.3) is 0 Å². The van der Waals surface area contributed by atoms with Gasteiger partial charge in [0.2, 0.25) is 0 Å². The molecule has 6 aromatic carbocycles. The molecule has 1 aliphatic rings. The number of hydrogen-bond acceptors (Lipinski definition) is 1. The highest BCUT2D eigenvalue weighted by Gasteiger charge is 2.46. The number of aryl methyl sites for hydroxylation is 4. The molecule has 0 saturated heterocycles. The second-order valence-electron chi connectivity index (χ2n) is 11.7. The Balaban J connectivity index is 1.56. The molecular weight excluding hydrogens is 506 g/mol. The molecule has 6 aromatic rings. The van der Waals surface area contributed by atoms with Crippen molar-refractivity contribution in [1.82, 2.24) is 0 Å². The number of nitrogens with zero attached hydrogens (tertiary/aromatic N) is 1. The van der Waals surface area contributed by atoms with Crippen molar-refractivity contribution in [2.75, 3.05) is 4.90 Å². The van der Waals surface area contributed by atoms with E-state index in [1.54, 1.807) is 0 Å². The summed E-state index contributed by atoms with van der Waals surface area (Å²) in [4.78, 5) is 2.45. The second kappa shape index (κ2) is 10.2. The first-order chi connectivity index (χ1) is 20.5. The summed E-state index contributed by atoms with van der Waals surface area (Å²) in [6.45, 7) is 8.78. The van der Waals surface area contributed by atoms with Gasteiger partial charge in [-0.1, -0.05) is 126 Å². The van der Waals surface area contributed by atoms with E-state index in [1.165, 1.54) is 67.0 Å². The Morgan fingerprint density at radius 3 is 1.48 bits per heavy atom. The molecule has 0 N–H and O–H groups in total. The fourth-order valence-electron chi connectivity index (χ4n) is 7.09. The quantitative estimate of drug-likeness (QED) is 0.209. The Morgan fingerprint density at radius 1 is 0.429 bits per heavy atom. The molecule has 0 aliphatic heterocycles. The standard InChI is InChI=1S/C41H35N/c1-28-19-23-39(30(3)25-28)42(40-24-20-29(2)26-31(40)4)34-21-22-36-35-17-11-12-18-37(35)41(38(36)27-34,32-13-7-5-8-14-32)33-15-9-6-10-16-33/h5-27H,1-4H3. The van der Waals surface area contributed by atoms with Gasteiger partial charge in [-0.3, -0.25) is 0 Å². The predicted octanol–water partition coefficient (Wildman–Crippen LogP) is 10.8. The van der Waals surface area contributed by atoms with Crippen LogP contribution in [0.3, 0.4) is 0 Å². The summed E-state index contributed by atoms with van der Waals surface area (Å²) >= 11 is 0. The molecule has 0 bridgehead atoms. The molecule has 204 valence electrons. The van der Waals surface area contributed by atoms with Crippen molar-refractivity contribution in [3.8, 4) is 11.1 Å². The molecule has 0 heterocycles. The first kappa shape index (κ1) is 26.0. The van der Waals surface area contributed by atoms with Gasteiger partial charge < -0.3 is 4.90 Å². The summed E-state index contributed by atoms with van der Waals surface area (Å²) in [5.74, 6) is 0. The Hall–Kier alpha value is -4.88. The number of rotatable bonds is 5. The van der Waals surface area contributed by atoms with Crippen LogP contribution < -0.4 is 4.90 Å². The Labute approximate surface area is 249 Å². The molecule has 0 unspecified atom stereocenters. The van der Waals surface area contributed by atoms with Gasteiger partial charge in [0.1, 0.15) is 0 Å². The van der Waals surface area contributed by atoms with Gasteiger partial charge in [0.05, 0.1) is 5.41 Å². The molecule has 0 fully saturated rings. The van der Waals surface area contributed by atoms with Crippen molar-refractivity contribution >= 4 is 17.1 Å². The highest BCUT2D eigenvalue weighted by molar-refractivity contribution is 5.90. The number of fused-ring (bicyclic) bond motifs is 3. The van der Waals surface area contributed by atoms with E-state index in [9.17, 15) is 0 Å². The maximum absolute atomic E-state index is 2.45. The van der Waals surface area contributed by atoms with E-state index in [0.29, 0.717) is 0 Å². The van der Waals surface area contributed by atoms with Crippen LogP contribution in [0.5, 0.6) is 0 Å². The molecule has 0 saturated carbocycles. The summed E-state index contributed by atoms with van der Waals surface area (Å²) in [5, 5.41) is 0. The van der Waals surface area contributed by atoms with Crippen molar-refractivity contribution < 1.29 is 0 Å². The molecule has 42 heavy (non-hydrogen) atoms. The zero-order valence-electron chi connectivity index (χ0n) is 24.7. The van der Waals surface area contributed by atoms with Gasteiger partial charge in [0.15, 0.2) is 0 Å². The minimum atomic E-state index is -0.430. The molecule has 0 aromatic heterocycles. The summed E-state index contributed by atoms with van der Waals surface area (Å²) < 4.78 is 0. The van der Waals surface area contributed by atoms with E-state index in [1.807, 2.05) is 0 Å². The molecule has 0 spiro atoms. The zero-order valence-corrected chi connectivity index (χ0v) is 24.7. The van der Waals surface area contributed by atoms with Crippen molar-refractivity contribution in [1.29, 1.82) is 0 Å². The molecule has 1 nitrogen and oxygen atoms in total. The number of anilines is 3. The van der Waals surface area contributed by atoms with Crippen LogP contribution in [-0.2, 0) is 5.41 Å². The van der Waals surface area contributed by atoms with Crippen LogP contribution in [-0.4, -0.2) is 0 Å². The molecule has 0 amide bonds. The van der Waals surface area contributed by atoms with E-state index in [2.05, 4.69) is 172 Å². The fraction of sp³-hybridized carbons (Fsp3) is 0.122. The van der Waals surface area contributed by atoms with E-state index < -0.39 is 5.41 Å². The van der Waals surface area contributed by atoms with Crippen molar-refractivity contribution in [3.05, 3.63) is 184 Å². The van der Waals surface area contributed by atoms with E-state index in [-0.39, 0.29) is 0 Å². The lowest BCUT2D eigenvalue weighted by Crippen LogP contribution is -2.28. The third-order valence-electron chi connectivity index (χ3n) is 8.89. The summed E-state index contributed by atoms with van der Waals surface area (Å²) in [7, 11) is 0. The maximum Gasteiger partial charge on any atom is 0.0714 e. The fourth-order valence-corrected chi connectivity index (χ4v) is 7.09. The van der Waals surface area contributed by atoms with Crippen LogP contribution in [0.15, 0.2) is 140 Å². The first-order valence-electron chi connectivity index (χ1n) is 14.8. The average Bonchev–Trinajstić information content (AvgIpc) is 3.31. The van der Waals surface area contributed by atoms with Crippen molar-refractivity contribution in [2.45, 2.75) is 33.1 Å². The summed E-state index contributed by atoms with van der Waals surface area (Å²) in [6.07, 6.45) is 0. The van der Waals surface area contributed by atoms with Gasteiger partial charge in [-0.25, -0.2) is 0 Å². The van der Waals surface area contributed by atoms with Crippen LogP contribution in [0.1, 0.15) is 44.5 Å². The highest BCUT2D eigenvalue weighted by Crippen LogP contribution is 2.57. The molecule has 0 radical (unpaired) electrons. The first-order valence-corrected chi connectivity index (χ1v) is 14.8. The van der Waals surface area contributed by atoms with Crippen molar-refractivity contribution in [3.63, 3.8) is 0 Å². The van der Waals surface area contributed by atoms with E-state index in [0.717, 1.165) is 5.69 Å². The topological polar surface area (TPSA) is 3.24 Å². The Bertz CT molecular complexity index is 1830. The molecule has 0 atom stereocenters. The molecule has 1 aliphatic carbocycles. The molecular formula is C41H35N. The number of hydrogen-bond donors (Lipinski definition) is 0. The van der Waals surface area contributed by atoms with Gasteiger partial charge in [0, 0.05) is 17.1 Å². The lowest BCUT2D eigenvalue weighted by Gasteiger charge is -2.35. The SMILES string of the molecule is Cc1ccc(N(c2ccc3c(c2)C(c2ccccc2)(c2ccccc2)c2ccccc2-3)c2ccc(C)cc2C)c(C)c1. The minimum Gasteiger partial charge on any atom is -0.310 e. The van der Waals surface area contributed by atoms with Crippen LogP contribution in [0, 0.1) is 27.7 Å². The molecule has 7 rings (SSSR count). The zero-order chi connectivity index (χ0) is 28.8. The van der Waals surface area contributed by atoms with E-state index >= 15 is 0 Å². The van der Waals surface area contributed by atoms with Crippen molar-refractivity contribution in [2.24, 2.45) is 0 Å². The van der Waals surface area contributed by atoms with Crippen LogP contribution >= 0.6 is 0 Å². The summed E-state index contributed by atoms with van der Waals surface area (Å²) in [6, 6.07) is 51.7. The largest absolute Gasteiger partial charge is 0.310 e. The van der Waals surface area contributed by atoms with Gasteiger partial charge >= 0.3 is 0 Å². The van der Waals surface area contributed by atoms with Crippen LogP contribution in [0.4, 0.5) is 17.1 Å². The highest BCUT2D eigenvalue weighted by atomic mass is 15.1. The third-order valence-corrected chi connectivity index (χ3v) is 8.89. The van der Waals surface area contributed by atoms with Crippen LogP contribution in [0.25, 0.3) is 11.1 Å². The molecule has 1 heteroatoms. The van der Waals surface area contributed by atoms with Crippen LogP contribution in [0.2, 0.25) is 0 Å². The normalized spacial score (nSPS) is 13.0. The Kier molecular flexibility index (Phi) is 6.32. The summed E-state index contributed by atoms with van der Waals surface area (Å²) in [5.41, 5.74) is 16.0. The maximum atomic E-state index is 2.45. The van der Waals surface area contributed by atoms with Gasteiger partial charge in [-0.2, -0.15) is 0 Å². The van der Waals surface area contributed by atoms with Gasteiger partial charge in [-0.05, 0) is 96.5 Å². The Morgan fingerprint density at radius 2 is 0.929 bits per heavy atom.